The minimum atomic E-state index is -0.321. The first-order valence-corrected chi connectivity index (χ1v) is 6.71. The molecule has 19 heavy (non-hydrogen) atoms. The molecule has 1 unspecified atom stereocenters. The number of benzene rings is 1. The van der Waals surface area contributed by atoms with Gasteiger partial charge in [0.05, 0.1) is 0 Å². The zero-order valence-electron chi connectivity index (χ0n) is 10.6. The highest BCUT2D eigenvalue weighted by Crippen LogP contribution is 2.28. The average molecular weight is 274 g/mol. The molecule has 0 saturated carbocycles. The van der Waals surface area contributed by atoms with Crippen LogP contribution in [0.1, 0.15) is 29.5 Å². The molecule has 2 aliphatic heterocycles. The van der Waals surface area contributed by atoms with Crippen LogP contribution in [0.5, 0.6) is 0 Å². The summed E-state index contributed by atoms with van der Waals surface area (Å²) in [5.41, 5.74) is 3.38. The lowest BCUT2D eigenvalue weighted by atomic mass is 10.0. The van der Waals surface area contributed by atoms with Crippen molar-refractivity contribution < 1.29 is 9.59 Å². The van der Waals surface area contributed by atoms with E-state index in [0.29, 0.717) is 24.4 Å². The number of hydrogen-bond acceptors (Lipinski definition) is 3. The maximum absolute atomic E-state index is 11.9. The zero-order chi connectivity index (χ0) is 13.6. The summed E-state index contributed by atoms with van der Waals surface area (Å²) >= 11 is 5.46. The van der Waals surface area contributed by atoms with Gasteiger partial charge in [-0.25, -0.2) is 0 Å². The van der Waals surface area contributed by atoms with Crippen molar-refractivity contribution in [3.8, 4) is 0 Å². The molecule has 0 radical (unpaired) electrons. The summed E-state index contributed by atoms with van der Waals surface area (Å²) in [6.45, 7) is 2.69. The smallest absolute Gasteiger partial charge is 0.249 e. The Hall–Kier alpha value is -1.75. The molecule has 0 aromatic heterocycles. The number of carbonyl (C=O) groups excluding carboxylic acids is 2. The number of nitrogens with zero attached hydrogens (tertiary/aromatic N) is 1. The van der Waals surface area contributed by atoms with E-state index in [1.54, 1.807) is 0 Å². The third kappa shape index (κ3) is 2.04. The van der Waals surface area contributed by atoms with Gasteiger partial charge < -0.3 is 4.90 Å². The lowest BCUT2D eigenvalue weighted by Gasteiger charge is -2.30. The van der Waals surface area contributed by atoms with E-state index in [2.05, 4.69) is 11.4 Å². The number of rotatable bonds is 1. The molecule has 5 heteroatoms. The van der Waals surface area contributed by atoms with Crippen LogP contribution in [-0.4, -0.2) is 27.7 Å². The summed E-state index contributed by atoms with van der Waals surface area (Å²) in [5.74, 6) is -0.428. The van der Waals surface area contributed by atoms with Crippen LogP contribution in [0.3, 0.4) is 0 Å². The molecule has 0 aliphatic carbocycles. The second-order valence-corrected chi connectivity index (χ2v) is 5.45. The Morgan fingerprint density at radius 2 is 2.16 bits per heavy atom. The van der Waals surface area contributed by atoms with Crippen molar-refractivity contribution in [3.63, 3.8) is 0 Å². The van der Waals surface area contributed by atoms with Crippen LogP contribution in [0.25, 0.3) is 0 Å². The summed E-state index contributed by atoms with van der Waals surface area (Å²) in [6, 6.07) is 5.82. The van der Waals surface area contributed by atoms with E-state index in [9.17, 15) is 9.59 Å². The molecular formula is C14H14N2O2S. The van der Waals surface area contributed by atoms with Crippen LogP contribution in [-0.2, 0) is 16.1 Å². The zero-order valence-corrected chi connectivity index (χ0v) is 11.4. The van der Waals surface area contributed by atoms with Crippen LogP contribution in [0, 0.1) is 6.92 Å². The van der Waals surface area contributed by atoms with Crippen molar-refractivity contribution in [1.29, 1.82) is 0 Å². The summed E-state index contributed by atoms with van der Waals surface area (Å²) in [7, 11) is 0. The Kier molecular flexibility index (Phi) is 2.86. The summed E-state index contributed by atoms with van der Waals surface area (Å²) < 4.78 is 0. The average Bonchev–Trinajstić information content (AvgIpc) is 2.66. The fourth-order valence-electron chi connectivity index (χ4n) is 2.70. The minimum absolute atomic E-state index is 0.195. The van der Waals surface area contributed by atoms with Crippen LogP contribution in [0.4, 0.5) is 0 Å². The fourth-order valence-corrected chi connectivity index (χ4v) is 3.09. The van der Waals surface area contributed by atoms with Gasteiger partial charge in [-0.05, 0) is 18.9 Å². The lowest BCUT2D eigenvalue weighted by Crippen LogP contribution is -2.52. The quantitative estimate of drug-likeness (QED) is 0.619. The van der Waals surface area contributed by atoms with Crippen LogP contribution < -0.4 is 5.32 Å². The number of nitrogens with one attached hydrogen (secondary N) is 1. The normalized spacial score (nSPS) is 22.5. The third-order valence-electron chi connectivity index (χ3n) is 3.68. The molecule has 1 saturated heterocycles. The highest BCUT2D eigenvalue weighted by molar-refractivity contribution is 7.80. The van der Waals surface area contributed by atoms with Crippen molar-refractivity contribution in [2.45, 2.75) is 32.4 Å². The Balaban J connectivity index is 1.87. The van der Waals surface area contributed by atoms with Crippen molar-refractivity contribution in [2.24, 2.45) is 0 Å². The molecule has 2 aliphatic rings. The second-order valence-electron chi connectivity index (χ2n) is 5.06. The molecule has 1 N–H and O–H groups in total. The van der Waals surface area contributed by atoms with E-state index in [1.807, 2.05) is 24.0 Å². The molecule has 98 valence electrons. The van der Waals surface area contributed by atoms with E-state index in [0.717, 1.165) is 11.1 Å². The van der Waals surface area contributed by atoms with Crippen molar-refractivity contribution >= 4 is 29.0 Å². The van der Waals surface area contributed by atoms with Gasteiger partial charge in [0.15, 0.2) is 0 Å². The van der Waals surface area contributed by atoms with Gasteiger partial charge in [-0.2, -0.15) is 0 Å². The van der Waals surface area contributed by atoms with E-state index in [4.69, 9.17) is 12.2 Å². The predicted octanol–water partition coefficient (Wildman–Crippen LogP) is 1.29. The number of amides is 2. The molecular weight excluding hydrogens is 260 g/mol. The number of piperidine rings is 1. The largest absolute Gasteiger partial charge is 0.346 e. The van der Waals surface area contributed by atoms with Crippen molar-refractivity contribution in [3.05, 3.63) is 34.9 Å². The summed E-state index contributed by atoms with van der Waals surface area (Å²) in [5, 5.41) is 2.39. The number of hydrogen-bond donors (Lipinski definition) is 1. The minimum Gasteiger partial charge on any atom is -0.346 e. The van der Waals surface area contributed by atoms with Gasteiger partial charge in [0.2, 0.25) is 11.8 Å². The van der Waals surface area contributed by atoms with E-state index < -0.39 is 0 Å². The van der Waals surface area contributed by atoms with Crippen LogP contribution in [0.2, 0.25) is 0 Å². The molecule has 1 atom stereocenters. The number of aryl methyl sites for hydroxylation is 1. The van der Waals surface area contributed by atoms with Crippen LogP contribution in [0.15, 0.2) is 18.2 Å². The van der Waals surface area contributed by atoms with Gasteiger partial charge in [-0.1, -0.05) is 36.0 Å². The topological polar surface area (TPSA) is 49.4 Å². The number of carbonyl (C=O) groups is 2. The molecule has 4 nitrogen and oxygen atoms in total. The molecule has 0 bridgehead atoms. The molecule has 0 spiro atoms. The standard InChI is InChI=1S/C14H14N2O2S/c1-8-2-3-10-9(6-8)7-16(14(10)19)11-4-5-12(17)15-13(11)18/h2-3,6,11H,4-5,7H2,1H3,(H,15,17,18). The highest BCUT2D eigenvalue weighted by Gasteiger charge is 2.36. The van der Waals surface area contributed by atoms with Gasteiger partial charge in [0, 0.05) is 18.5 Å². The first-order chi connectivity index (χ1) is 9.06. The first-order valence-electron chi connectivity index (χ1n) is 6.30. The maximum atomic E-state index is 11.9. The number of fused-ring (bicyclic) bond motifs is 1. The summed E-state index contributed by atoms with van der Waals surface area (Å²) in [6.07, 6.45) is 0.919. The Morgan fingerprint density at radius 3 is 2.89 bits per heavy atom. The summed E-state index contributed by atoms with van der Waals surface area (Å²) in [4.78, 5) is 25.8. The van der Waals surface area contributed by atoms with Gasteiger partial charge >= 0.3 is 0 Å². The lowest BCUT2D eigenvalue weighted by molar-refractivity contribution is -0.136. The van der Waals surface area contributed by atoms with Gasteiger partial charge in [-0.15, -0.1) is 0 Å². The highest BCUT2D eigenvalue weighted by atomic mass is 32.1. The number of imide groups is 1. The van der Waals surface area contributed by atoms with Gasteiger partial charge in [0.25, 0.3) is 0 Å². The predicted molar refractivity (Wildman–Crippen MR) is 74.6 cm³/mol. The van der Waals surface area contributed by atoms with Gasteiger partial charge in [0.1, 0.15) is 11.0 Å². The Labute approximate surface area is 116 Å². The Bertz CT molecular complexity index is 597. The first kappa shape index (κ1) is 12.3. The van der Waals surface area contributed by atoms with Crippen molar-refractivity contribution in [2.75, 3.05) is 0 Å². The van der Waals surface area contributed by atoms with Crippen LogP contribution >= 0.6 is 12.2 Å². The SMILES string of the molecule is Cc1ccc2c(c1)CN(C1CCC(=O)NC1=O)C2=S. The van der Waals surface area contributed by atoms with Crippen molar-refractivity contribution in [1.82, 2.24) is 10.2 Å². The number of thiocarbonyl (C=S) groups is 1. The second kappa shape index (κ2) is 4.42. The van der Waals surface area contributed by atoms with Gasteiger partial charge in [-0.3, -0.25) is 14.9 Å². The third-order valence-corrected chi connectivity index (χ3v) is 4.13. The molecule has 1 aromatic rings. The maximum Gasteiger partial charge on any atom is 0.249 e. The van der Waals surface area contributed by atoms with E-state index >= 15 is 0 Å². The monoisotopic (exact) mass is 274 g/mol. The molecule has 3 rings (SSSR count). The molecule has 2 amide bonds. The van der Waals surface area contributed by atoms with E-state index in [-0.39, 0.29) is 17.9 Å². The van der Waals surface area contributed by atoms with E-state index in [1.165, 1.54) is 5.56 Å². The molecule has 1 fully saturated rings. The molecule has 2 heterocycles. The fraction of sp³-hybridized carbons (Fsp3) is 0.357. The molecule has 1 aromatic carbocycles. The Morgan fingerprint density at radius 1 is 1.37 bits per heavy atom.